The predicted molar refractivity (Wildman–Crippen MR) is 38.2 cm³/mol. The summed E-state index contributed by atoms with van der Waals surface area (Å²) in [5.41, 5.74) is 0.940. The summed E-state index contributed by atoms with van der Waals surface area (Å²) >= 11 is 0. The molecule has 0 aliphatic carbocycles. The van der Waals surface area contributed by atoms with E-state index in [2.05, 4.69) is 6.58 Å². The second-order valence-electron chi connectivity index (χ2n) is 2.02. The molecule has 1 aliphatic rings. The van der Waals surface area contributed by atoms with Crippen molar-refractivity contribution >= 4 is 5.91 Å². The molecule has 0 aromatic rings. The van der Waals surface area contributed by atoms with E-state index in [1.807, 2.05) is 0 Å². The predicted octanol–water partition coefficient (Wildman–Crippen LogP) is 1.34. The lowest BCUT2D eigenvalue weighted by Gasteiger charge is -2.06. The van der Waals surface area contributed by atoms with E-state index in [9.17, 15) is 9.18 Å². The molecule has 0 saturated carbocycles. The molecule has 1 fully saturated rings. The Balaban J connectivity index is 0.000000371. The summed E-state index contributed by atoms with van der Waals surface area (Å²) in [5.74, 6) is 0.190. The zero-order valence-corrected chi connectivity index (χ0v) is 6.35. The number of rotatable bonds is 0. The first kappa shape index (κ1) is 9.14. The van der Waals surface area contributed by atoms with Crippen LogP contribution in [-0.4, -0.2) is 25.0 Å². The molecule has 3 heteroatoms. The van der Waals surface area contributed by atoms with Gasteiger partial charge in [-0.2, -0.15) is 0 Å². The van der Waals surface area contributed by atoms with Crippen molar-refractivity contribution in [1.82, 2.24) is 4.90 Å². The Morgan fingerprint density at radius 2 is 2.00 bits per heavy atom. The van der Waals surface area contributed by atoms with Gasteiger partial charge in [-0.15, -0.1) is 0 Å². The van der Waals surface area contributed by atoms with Crippen LogP contribution in [-0.2, 0) is 4.79 Å². The van der Waals surface area contributed by atoms with E-state index >= 15 is 0 Å². The van der Waals surface area contributed by atoms with Gasteiger partial charge in [-0.25, -0.2) is 0 Å². The second kappa shape index (κ2) is 4.04. The van der Waals surface area contributed by atoms with Crippen LogP contribution in [0.4, 0.5) is 4.39 Å². The molecule has 0 spiro atoms. The second-order valence-corrected chi connectivity index (χ2v) is 2.02. The third kappa shape index (κ3) is 1.83. The number of carbonyl (C=O) groups is 1. The number of hydrogen-bond acceptors (Lipinski definition) is 1. The third-order valence-electron chi connectivity index (χ3n) is 1.48. The minimum Gasteiger partial charge on any atom is -0.320 e. The molecule has 10 heavy (non-hydrogen) atoms. The maximum absolute atomic E-state index is 10.6. The first-order chi connectivity index (χ1) is 4.72. The summed E-state index contributed by atoms with van der Waals surface area (Å²) in [6, 6.07) is 0. The van der Waals surface area contributed by atoms with Crippen LogP contribution in [0.1, 0.15) is 12.8 Å². The van der Waals surface area contributed by atoms with Crippen LogP contribution >= 0.6 is 0 Å². The third-order valence-corrected chi connectivity index (χ3v) is 1.48. The SMILES string of the molecule is C=C1CCC(=O)N1C.CF. The van der Waals surface area contributed by atoms with Gasteiger partial charge < -0.3 is 4.90 Å². The van der Waals surface area contributed by atoms with E-state index in [4.69, 9.17) is 0 Å². The van der Waals surface area contributed by atoms with Gasteiger partial charge >= 0.3 is 0 Å². The first-order valence-electron chi connectivity index (χ1n) is 3.04. The summed E-state index contributed by atoms with van der Waals surface area (Å²) in [5, 5.41) is 0. The number of allylic oxidation sites excluding steroid dienone is 1. The number of alkyl halides is 1. The number of amides is 1. The zero-order valence-electron chi connectivity index (χ0n) is 6.35. The number of nitrogens with zero attached hydrogens (tertiary/aromatic N) is 1. The molecule has 0 bridgehead atoms. The van der Waals surface area contributed by atoms with Crippen LogP contribution in [0.15, 0.2) is 12.3 Å². The van der Waals surface area contributed by atoms with Gasteiger partial charge in [0.25, 0.3) is 0 Å². The van der Waals surface area contributed by atoms with E-state index in [1.165, 1.54) is 0 Å². The Bertz CT molecular complexity index is 129. The van der Waals surface area contributed by atoms with Gasteiger partial charge in [-0.3, -0.25) is 9.18 Å². The van der Waals surface area contributed by atoms with E-state index in [-0.39, 0.29) is 5.91 Å². The molecule has 1 rings (SSSR count). The topological polar surface area (TPSA) is 20.3 Å². The highest BCUT2D eigenvalue weighted by molar-refractivity contribution is 5.80. The van der Waals surface area contributed by atoms with Crippen LogP contribution in [0, 0.1) is 0 Å². The normalized spacial score (nSPS) is 16.9. The fraction of sp³-hybridized carbons (Fsp3) is 0.571. The number of carbonyl (C=O) groups excluding carboxylic acids is 1. The van der Waals surface area contributed by atoms with Gasteiger partial charge in [0.05, 0.1) is 7.18 Å². The molecule has 0 aromatic heterocycles. The Labute approximate surface area is 60.3 Å². The van der Waals surface area contributed by atoms with Gasteiger partial charge in [0.1, 0.15) is 0 Å². The van der Waals surface area contributed by atoms with Crippen LogP contribution in [0.5, 0.6) is 0 Å². The lowest BCUT2D eigenvalue weighted by atomic mass is 10.3. The van der Waals surface area contributed by atoms with Crippen molar-refractivity contribution < 1.29 is 9.18 Å². The summed E-state index contributed by atoms with van der Waals surface area (Å²) in [7, 11) is 2.26. The van der Waals surface area contributed by atoms with Crippen molar-refractivity contribution in [1.29, 1.82) is 0 Å². The molecule has 0 unspecified atom stereocenters. The standard InChI is InChI=1S/C6H9NO.CH3F/c1-5-3-4-6(8)7(5)2;1-2/h1,3-4H2,2H3;1H3. The van der Waals surface area contributed by atoms with Crippen LogP contribution in [0.2, 0.25) is 0 Å². The van der Waals surface area contributed by atoms with E-state index in [0.29, 0.717) is 13.6 Å². The molecular weight excluding hydrogens is 133 g/mol. The van der Waals surface area contributed by atoms with Crippen molar-refractivity contribution in [3.05, 3.63) is 12.3 Å². The number of halogens is 1. The van der Waals surface area contributed by atoms with Crippen molar-refractivity contribution in [3.8, 4) is 0 Å². The van der Waals surface area contributed by atoms with Crippen molar-refractivity contribution in [2.24, 2.45) is 0 Å². The highest BCUT2D eigenvalue weighted by Crippen LogP contribution is 2.16. The number of hydrogen-bond donors (Lipinski definition) is 0. The number of likely N-dealkylation sites (tertiary alicyclic amines) is 1. The van der Waals surface area contributed by atoms with Gasteiger partial charge in [0.15, 0.2) is 0 Å². The van der Waals surface area contributed by atoms with Gasteiger partial charge in [0, 0.05) is 19.2 Å². The minimum atomic E-state index is 0.190. The van der Waals surface area contributed by atoms with E-state index in [0.717, 1.165) is 12.1 Å². The van der Waals surface area contributed by atoms with Crippen LogP contribution < -0.4 is 0 Å². The minimum absolute atomic E-state index is 0.190. The lowest BCUT2D eigenvalue weighted by molar-refractivity contribution is -0.125. The molecule has 0 aromatic carbocycles. The highest BCUT2D eigenvalue weighted by atomic mass is 19.1. The maximum atomic E-state index is 10.6. The fourth-order valence-electron chi connectivity index (χ4n) is 0.763. The smallest absolute Gasteiger partial charge is 0.226 e. The quantitative estimate of drug-likeness (QED) is 0.503. The van der Waals surface area contributed by atoms with Crippen LogP contribution in [0.25, 0.3) is 0 Å². The molecule has 1 aliphatic heterocycles. The van der Waals surface area contributed by atoms with E-state index in [1.54, 1.807) is 11.9 Å². The summed E-state index contributed by atoms with van der Waals surface area (Å²) < 4.78 is 9.50. The molecule has 1 heterocycles. The molecule has 1 saturated heterocycles. The van der Waals surface area contributed by atoms with Gasteiger partial charge in [0.2, 0.25) is 5.91 Å². The van der Waals surface area contributed by atoms with Crippen molar-refractivity contribution in [2.75, 3.05) is 14.2 Å². The molecule has 1 amide bonds. The molecule has 0 atom stereocenters. The summed E-state index contributed by atoms with van der Waals surface area (Å²) in [4.78, 5) is 12.3. The first-order valence-corrected chi connectivity index (χ1v) is 3.04. The average Bonchev–Trinajstić information content (AvgIpc) is 2.25. The van der Waals surface area contributed by atoms with Crippen molar-refractivity contribution in [3.63, 3.8) is 0 Å². The summed E-state index contributed by atoms with van der Waals surface area (Å²) in [6.45, 7) is 3.69. The Morgan fingerprint density at radius 1 is 1.50 bits per heavy atom. The Kier molecular flexibility index (Phi) is 3.69. The fourth-order valence-corrected chi connectivity index (χ4v) is 0.763. The maximum Gasteiger partial charge on any atom is 0.226 e. The van der Waals surface area contributed by atoms with E-state index < -0.39 is 0 Å². The summed E-state index contributed by atoms with van der Waals surface area (Å²) in [6.07, 6.45) is 1.49. The van der Waals surface area contributed by atoms with Gasteiger partial charge in [-0.05, 0) is 6.42 Å². The van der Waals surface area contributed by atoms with Crippen LogP contribution in [0.3, 0.4) is 0 Å². The largest absolute Gasteiger partial charge is 0.320 e. The molecule has 0 radical (unpaired) electrons. The Morgan fingerprint density at radius 3 is 2.10 bits per heavy atom. The van der Waals surface area contributed by atoms with Crippen molar-refractivity contribution in [2.45, 2.75) is 12.8 Å². The molecule has 58 valence electrons. The monoisotopic (exact) mass is 145 g/mol. The molecule has 0 N–H and O–H groups in total. The molecule has 2 nitrogen and oxygen atoms in total. The molecular formula is C7H12FNO. The zero-order chi connectivity index (χ0) is 8.15. The highest BCUT2D eigenvalue weighted by Gasteiger charge is 2.18. The average molecular weight is 145 g/mol. The lowest BCUT2D eigenvalue weighted by Crippen LogP contribution is -2.16. The Hall–Kier alpha value is -0.860. The van der Waals surface area contributed by atoms with Gasteiger partial charge in [-0.1, -0.05) is 6.58 Å².